The number of hydrogen-bond donors (Lipinski definition) is 2. The Morgan fingerprint density at radius 1 is 1.21 bits per heavy atom. The molecule has 0 saturated carbocycles. The van der Waals surface area contributed by atoms with Crippen molar-refractivity contribution in [1.29, 1.82) is 0 Å². The van der Waals surface area contributed by atoms with Crippen LogP contribution in [0.25, 0.3) is 0 Å². The van der Waals surface area contributed by atoms with Gasteiger partial charge >= 0.3 is 0 Å². The molecule has 0 aliphatic heterocycles. The van der Waals surface area contributed by atoms with Gasteiger partial charge in [-0.2, -0.15) is 0 Å². The number of aliphatic hydroxyl groups is 1. The third kappa shape index (κ3) is 3.04. The van der Waals surface area contributed by atoms with Gasteiger partial charge in [-0.25, -0.2) is 0 Å². The molecular formula is C12H19NO. The first kappa shape index (κ1) is 11.1. The third-order valence-electron chi connectivity index (χ3n) is 2.17. The van der Waals surface area contributed by atoms with Crippen LogP contribution in [0.2, 0.25) is 0 Å². The largest absolute Gasteiger partial charge is 0.392 e. The highest BCUT2D eigenvalue weighted by molar-refractivity contribution is 5.52. The number of anilines is 1. The first-order valence-corrected chi connectivity index (χ1v) is 5.12. The molecule has 0 spiro atoms. The van der Waals surface area contributed by atoms with E-state index in [1.54, 1.807) is 6.92 Å². The highest BCUT2D eigenvalue weighted by Gasteiger charge is 2.05. The van der Waals surface area contributed by atoms with Crippen molar-refractivity contribution in [3.63, 3.8) is 0 Å². The topological polar surface area (TPSA) is 32.3 Å². The average Bonchev–Trinajstić information content (AvgIpc) is 2.15. The highest BCUT2D eigenvalue weighted by Crippen LogP contribution is 2.23. The second kappa shape index (κ2) is 5.01. The zero-order valence-corrected chi connectivity index (χ0v) is 9.12. The average molecular weight is 193 g/mol. The molecule has 0 saturated heterocycles. The summed E-state index contributed by atoms with van der Waals surface area (Å²) in [7, 11) is 0. The van der Waals surface area contributed by atoms with Crippen LogP contribution in [0.1, 0.15) is 32.3 Å². The summed E-state index contributed by atoms with van der Waals surface area (Å²) in [5.74, 6) is 0.507. The molecule has 1 atom stereocenters. The molecular weight excluding hydrogens is 174 g/mol. The summed E-state index contributed by atoms with van der Waals surface area (Å²) in [5, 5.41) is 12.4. The maximum atomic E-state index is 9.18. The Balaban J connectivity index is 2.74. The maximum Gasteiger partial charge on any atom is 0.0684 e. The van der Waals surface area contributed by atoms with Gasteiger partial charge in [0.05, 0.1) is 6.10 Å². The summed E-state index contributed by atoms with van der Waals surface area (Å²) in [6.07, 6.45) is -0.310. The summed E-state index contributed by atoms with van der Waals surface area (Å²) < 4.78 is 0. The summed E-state index contributed by atoms with van der Waals surface area (Å²) in [5.41, 5.74) is 2.43. The Morgan fingerprint density at radius 2 is 1.86 bits per heavy atom. The van der Waals surface area contributed by atoms with Gasteiger partial charge in [0.15, 0.2) is 0 Å². The molecule has 1 aromatic rings. The van der Waals surface area contributed by atoms with Gasteiger partial charge < -0.3 is 10.4 Å². The van der Waals surface area contributed by atoms with Crippen LogP contribution in [0.3, 0.4) is 0 Å². The lowest BCUT2D eigenvalue weighted by Gasteiger charge is -2.15. The summed E-state index contributed by atoms with van der Waals surface area (Å²) in [4.78, 5) is 0. The van der Waals surface area contributed by atoms with E-state index in [9.17, 15) is 5.11 Å². The van der Waals surface area contributed by atoms with E-state index in [0.717, 1.165) is 5.69 Å². The van der Waals surface area contributed by atoms with E-state index in [-0.39, 0.29) is 6.10 Å². The van der Waals surface area contributed by atoms with Gasteiger partial charge in [-0.3, -0.25) is 0 Å². The first-order valence-electron chi connectivity index (χ1n) is 5.12. The van der Waals surface area contributed by atoms with Gasteiger partial charge in [0.25, 0.3) is 0 Å². The normalized spacial score (nSPS) is 12.9. The molecule has 2 N–H and O–H groups in total. The second-order valence-corrected chi connectivity index (χ2v) is 3.97. The fraction of sp³-hybridized carbons (Fsp3) is 0.500. The minimum Gasteiger partial charge on any atom is -0.392 e. The number of benzene rings is 1. The van der Waals surface area contributed by atoms with Gasteiger partial charge in [0.1, 0.15) is 0 Å². The van der Waals surface area contributed by atoms with Crippen LogP contribution in [-0.2, 0) is 0 Å². The quantitative estimate of drug-likeness (QED) is 0.770. The Kier molecular flexibility index (Phi) is 3.96. The molecule has 0 aromatic heterocycles. The molecule has 0 amide bonds. The van der Waals surface area contributed by atoms with Crippen LogP contribution in [0.5, 0.6) is 0 Å². The van der Waals surface area contributed by atoms with Gasteiger partial charge in [-0.1, -0.05) is 32.0 Å². The molecule has 14 heavy (non-hydrogen) atoms. The smallest absolute Gasteiger partial charge is 0.0684 e. The van der Waals surface area contributed by atoms with E-state index in [0.29, 0.717) is 12.5 Å². The highest BCUT2D eigenvalue weighted by atomic mass is 16.3. The minimum absolute atomic E-state index is 0.310. The standard InChI is InChI=1S/C12H19NO/c1-9(2)11-6-4-5-7-12(11)13-8-10(3)14/h4-7,9-10,13-14H,8H2,1-3H3. The monoisotopic (exact) mass is 193 g/mol. The van der Waals surface area contributed by atoms with Crippen molar-refractivity contribution in [3.05, 3.63) is 29.8 Å². The Hall–Kier alpha value is -1.02. The Morgan fingerprint density at radius 3 is 2.43 bits per heavy atom. The molecule has 0 bridgehead atoms. The lowest BCUT2D eigenvalue weighted by atomic mass is 10.0. The third-order valence-corrected chi connectivity index (χ3v) is 2.17. The van der Waals surface area contributed by atoms with E-state index in [1.807, 2.05) is 12.1 Å². The molecule has 2 nitrogen and oxygen atoms in total. The second-order valence-electron chi connectivity index (χ2n) is 3.97. The predicted octanol–water partition coefficient (Wildman–Crippen LogP) is 2.60. The van der Waals surface area contributed by atoms with Crippen molar-refractivity contribution < 1.29 is 5.11 Å². The van der Waals surface area contributed by atoms with E-state index in [2.05, 4.69) is 31.3 Å². The van der Waals surface area contributed by atoms with Crippen molar-refractivity contribution in [2.75, 3.05) is 11.9 Å². The van der Waals surface area contributed by atoms with Gasteiger partial charge in [-0.05, 0) is 24.5 Å². The zero-order valence-electron chi connectivity index (χ0n) is 9.12. The van der Waals surface area contributed by atoms with Crippen molar-refractivity contribution >= 4 is 5.69 Å². The molecule has 0 radical (unpaired) electrons. The van der Waals surface area contributed by atoms with Crippen LogP contribution in [-0.4, -0.2) is 17.8 Å². The fourth-order valence-corrected chi connectivity index (χ4v) is 1.42. The Bertz CT molecular complexity index is 281. The van der Waals surface area contributed by atoms with Crippen LogP contribution < -0.4 is 5.32 Å². The lowest BCUT2D eigenvalue weighted by Crippen LogP contribution is -2.16. The SMILES string of the molecule is CC(O)CNc1ccccc1C(C)C. The Labute approximate surface area is 86.0 Å². The van der Waals surface area contributed by atoms with Crippen molar-refractivity contribution in [1.82, 2.24) is 0 Å². The molecule has 1 aromatic carbocycles. The molecule has 0 aliphatic rings. The van der Waals surface area contributed by atoms with Crippen molar-refractivity contribution in [2.24, 2.45) is 0 Å². The predicted molar refractivity (Wildman–Crippen MR) is 60.7 cm³/mol. The van der Waals surface area contributed by atoms with Gasteiger partial charge in [-0.15, -0.1) is 0 Å². The summed E-state index contributed by atoms with van der Waals surface area (Å²) in [6, 6.07) is 8.23. The summed E-state index contributed by atoms with van der Waals surface area (Å²) >= 11 is 0. The number of nitrogens with one attached hydrogen (secondary N) is 1. The molecule has 0 fully saturated rings. The maximum absolute atomic E-state index is 9.18. The summed E-state index contributed by atoms with van der Waals surface area (Å²) in [6.45, 7) is 6.72. The number of hydrogen-bond acceptors (Lipinski definition) is 2. The number of para-hydroxylation sites is 1. The van der Waals surface area contributed by atoms with Gasteiger partial charge in [0.2, 0.25) is 0 Å². The van der Waals surface area contributed by atoms with Crippen LogP contribution in [0.15, 0.2) is 24.3 Å². The lowest BCUT2D eigenvalue weighted by molar-refractivity contribution is 0.208. The van der Waals surface area contributed by atoms with Crippen molar-refractivity contribution in [3.8, 4) is 0 Å². The minimum atomic E-state index is -0.310. The van der Waals surface area contributed by atoms with Gasteiger partial charge in [0, 0.05) is 12.2 Å². The van der Waals surface area contributed by atoms with E-state index >= 15 is 0 Å². The van der Waals surface area contributed by atoms with E-state index in [1.165, 1.54) is 5.56 Å². The van der Waals surface area contributed by atoms with Crippen molar-refractivity contribution in [2.45, 2.75) is 32.8 Å². The molecule has 1 rings (SSSR count). The van der Waals surface area contributed by atoms with E-state index in [4.69, 9.17) is 0 Å². The van der Waals surface area contributed by atoms with Crippen LogP contribution in [0.4, 0.5) is 5.69 Å². The molecule has 1 unspecified atom stereocenters. The van der Waals surface area contributed by atoms with Crippen LogP contribution in [0, 0.1) is 0 Å². The first-order chi connectivity index (χ1) is 6.61. The molecule has 0 aliphatic carbocycles. The molecule has 78 valence electrons. The molecule has 0 heterocycles. The zero-order chi connectivity index (χ0) is 10.6. The van der Waals surface area contributed by atoms with Crippen LogP contribution >= 0.6 is 0 Å². The fourth-order valence-electron chi connectivity index (χ4n) is 1.42. The number of rotatable bonds is 4. The molecule has 2 heteroatoms. The van der Waals surface area contributed by atoms with E-state index < -0.39 is 0 Å². The number of aliphatic hydroxyl groups excluding tert-OH is 1.